The minimum absolute atomic E-state index is 0.107. The molecule has 0 saturated carbocycles. The fourth-order valence-corrected chi connectivity index (χ4v) is 3.44. The highest BCUT2D eigenvalue weighted by Gasteiger charge is 2.51. The van der Waals surface area contributed by atoms with Crippen LogP contribution in [-0.2, 0) is 24.1 Å². The number of carbonyl (C=O) groups excluding carboxylic acids is 1. The van der Waals surface area contributed by atoms with Gasteiger partial charge in [0.25, 0.3) is 0 Å². The van der Waals surface area contributed by atoms with Gasteiger partial charge in [-0.25, -0.2) is 13.2 Å². The number of hydrogen-bond acceptors (Lipinski definition) is 5. The molecule has 5 nitrogen and oxygen atoms in total. The van der Waals surface area contributed by atoms with Crippen molar-refractivity contribution < 1.29 is 22.7 Å². The number of benzene rings is 1. The van der Waals surface area contributed by atoms with Crippen molar-refractivity contribution in [1.29, 1.82) is 0 Å². The standard InChI is InChI=1S/C16H22O5S/c1-10(2)20-14-13(16(3,4)21-15(14)17)11-6-8-12(9-7-11)22(5,18)19/h6-10,13-14H,1-5H3. The zero-order valence-corrected chi connectivity index (χ0v) is 14.3. The van der Waals surface area contributed by atoms with E-state index in [9.17, 15) is 13.2 Å². The molecule has 0 radical (unpaired) electrons. The fourth-order valence-electron chi connectivity index (χ4n) is 2.81. The second kappa shape index (κ2) is 5.66. The van der Waals surface area contributed by atoms with Gasteiger partial charge in [0.15, 0.2) is 15.9 Å². The van der Waals surface area contributed by atoms with Gasteiger partial charge in [-0.2, -0.15) is 0 Å². The normalized spacial score (nSPS) is 24.5. The first-order valence-corrected chi connectivity index (χ1v) is 9.10. The average Bonchev–Trinajstić information content (AvgIpc) is 2.57. The van der Waals surface area contributed by atoms with Crippen LogP contribution in [-0.4, -0.2) is 38.5 Å². The molecular formula is C16H22O5S. The molecule has 0 bridgehead atoms. The smallest absolute Gasteiger partial charge is 0.336 e. The van der Waals surface area contributed by atoms with E-state index in [0.29, 0.717) is 0 Å². The molecule has 1 aliphatic heterocycles. The number of hydrogen-bond donors (Lipinski definition) is 0. The van der Waals surface area contributed by atoms with Crippen LogP contribution in [0.3, 0.4) is 0 Å². The van der Waals surface area contributed by atoms with Crippen LogP contribution in [0.4, 0.5) is 0 Å². The molecule has 122 valence electrons. The SMILES string of the molecule is CC(C)OC1C(=O)OC(C)(C)C1c1ccc(S(C)(=O)=O)cc1. The largest absolute Gasteiger partial charge is 0.457 e. The summed E-state index contributed by atoms with van der Waals surface area (Å²) in [6.07, 6.45) is 0.377. The summed E-state index contributed by atoms with van der Waals surface area (Å²) in [5, 5.41) is 0. The molecule has 0 spiro atoms. The topological polar surface area (TPSA) is 69.7 Å². The fraction of sp³-hybridized carbons (Fsp3) is 0.562. The maximum absolute atomic E-state index is 12.1. The summed E-state index contributed by atoms with van der Waals surface area (Å²) in [7, 11) is -3.24. The molecular weight excluding hydrogens is 304 g/mol. The average molecular weight is 326 g/mol. The first kappa shape index (κ1) is 17.0. The number of rotatable bonds is 4. The van der Waals surface area contributed by atoms with Gasteiger partial charge in [-0.15, -0.1) is 0 Å². The third-order valence-electron chi connectivity index (χ3n) is 3.73. The van der Waals surface area contributed by atoms with Gasteiger partial charge in [0, 0.05) is 6.26 Å². The Balaban J connectivity index is 2.40. The Morgan fingerprint density at radius 2 is 1.73 bits per heavy atom. The number of sulfone groups is 1. The molecule has 1 aromatic carbocycles. The summed E-state index contributed by atoms with van der Waals surface area (Å²) < 4.78 is 34.3. The molecule has 6 heteroatoms. The molecule has 2 atom stereocenters. The van der Waals surface area contributed by atoms with Crippen molar-refractivity contribution in [1.82, 2.24) is 0 Å². The maximum Gasteiger partial charge on any atom is 0.336 e. The van der Waals surface area contributed by atoms with E-state index >= 15 is 0 Å². The Hall–Kier alpha value is -1.40. The zero-order valence-electron chi connectivity index (χ0n) is 13.5. The molecule has 1 aromatic rings. The third-order valence-corrected chi connectivity index (χ3v) is 4.86. The number of cyclic esters (lactones) is 1. The van der Waals surface area contributed by atoms with Crippen molar-refractivity contribution >= 4 is 15.8 Å². The summed E-state index contributed by atoms with van der Waals surface area (Å²) in [4.78, 5) is 12.3. The molecule has 2 unspecified atom stereocenters. The lowest BCUT2D eigenvalue weighted by molar-refractivity contribution is -0.154. The predicted molar refractivity (Wildman–Crippen MR) is 82.5 cm³/mol. The molecule has 1 aliphatic rings. The van der Waals surface area contributed by atoms with E-state index in [1.807, 2.05) is 27.7 Å². The molecule has 0 N–H and O–H groups in total. The number of carbonyl (C=O) groups is 1. The van der Waals surface area contributed by atoms with E-state index < -0.39 is 21.5 Å². The van der Waals surface area contributed by atoms with Gasteiger partial charge < -0.3 is 9.47 Å². The summed E-state index contributed by atoms with van der Waals surface area (Å²) in [6.45, 7) is 7.40. The molecule has 1 heterocycles. The van der Waals surface area contributed by atoms with Gasteiger partial charge in [-0.3, -0.25) is 0 Å². The Kier molecular flexibility index (Phi) is 4.37. The van der Waals surface area contributed by atoms with E-state index in [1.54, 1.807) is 24.3 Å². The highest BCUT2D eigenvalue weighted by Crippen LogP contribution is 2.42. The Bertz CT molecular complexity index is 658. The first-order valence-electron chi connectivity index (χ1n) is 7.20. The van der Waals surface area contributed by atoms with Crippen molar-refractivity contribution in [2.24, 2.45) is 0 Å². The van der Waals surface area contributed by atoms with Crippen molar-refractivity contribution in [3.8, 4) is 0 Å². The second-order valence-electron chi connectivity index (χ2n) is 6.45. The van der Waals surface area contributed by atoms with Gasteiger partial charge in [-0.1, -0.05) is 12.1 Å². The van der Waals surface area contributed by atoms with Crippen LogP contribution in [0.1, 0.15) is 39.2 Å². The van der Waals surface area contributed by atoms with Crippen molar-refractivity contribution in [2.45, 2.75) is 56.3 Å². The lowest BCUT2D eigenvalue weighted by Crippen LogP contribution is -2.33. The third kappa shape index (κ3) is 3.33. The molecule has 22 heavy (non-hydrogen) atoms. The Morgan fingerprint density at radius 3 is 2.18 bits per heavy atom. The highest BCUT2D eigenvalue weighted by atomic mass is 32.2. The van der Waals surface area contributed by atoms with E-state index in [0.717, 1.165) is 5.56 Å². The van der Waals surface area contributed by atoms with Crippen LogP contribution in [0.5, 0.6) is 0 Å². The Labute approximate surface area is 131 Å². The lowest BCUT2D eigenvalue weighted by Gasteiger charge is -2.28. The summed E-state index contributed by atoms with van der Waals surface area (Å²) in [5.74, 6) is -0.660. The molecule has 0 aliphatic carbocycles. The highest BCUT2D eigenvalue weighted by molar-refractivity contribution is 7.90. The number of ether oxygens (including phenoxy) is 2. The quantitative estimate of drug-likeness (QED) is 0.794. The van der Waals surface area contributed by atoms with Crippen molar-refractivity contribution in [2.75, 3.05) is 6.26 Å². The summed E-state index contributed by atoms with van der Waals surface area (Å²) >= 11 is 0. The van der Waals surface area contributed by atoms with Crippen LogP contribution in [0.15, 0.2) is 29.2 Å². The van der Waals surface area contributed by atoms with Crippen molar-refractivity contribution in [3.63, 3.8) is 0 Å². The van der Waals surface area contributed by atoms with Crippen LogP contribution in [0.25, 0.3) is 0 Å². The molecule has 1 fully saturated rings. The van der Waals surface area contributed by atoms with Gasteiger partial charge in [-0.05, 0) is 45.4 Å². The van der Waals surface area contributed by atoms with E-state index in [2.05, 4.69) is 0 Å². The minimum atomic E-state index is -3.24. The maximum atomic E-state index is 12.1. The van der Waals surface area contributed by atoms with Gasteiger partial charge in [0.05, 0.1) is 16.9 Å². The van der Waals surface area contributed by atoms with E-state index in [4.69, 9.17) is 9.47 Å². The second-order valence-corrected chi connectivity index (χ2v) is 8.46. The summed E-state index contributed by atoms with van der Waals surface area (Å²) in [6, 6.07) is 6.55. The van der Waals surface area contributed by atoms with Crippen LogP contribution in [0.2, 0.25) is 0 Å². The number of esters is 1. The van der Waals surface area contributed by atoms with Gasteiger partial charge >= 0.3 is 5.97 Å². The summed E-state index contributed by atoms with van der Waals surface area (Å²) in [5.41, 5.74) is 0.123. The van der Waals surface area contributed by atoms with Gasteiger partial charge in [0.2, 0.25) is 0 Å². The lowest BCUT2D eigenvalue weighted by atomic mass is 9.83. The van der Waals surface area contributed by atoms with Gasteiger partial charge in [0.1, 0.15) is 5.60 Å². The Morgan fingerprint density at radius 1 is 1.18 bits per heavy atom. The van der Waals surface area contributed by atoms with Crippen molar-refractivity contribution in [3.05, 3.63) is 29.8 Å². The van der Waals surface area contributed by atoms with E-state index in [-0.39, 0.29) is 22.9 Å². The molecule has 0 amide bonds. The first-order chi connectivity index (χ1) is 10.0. The monoisotopic (exact) mass is 326 g/mol. The van der Waals surface area contributed by atoms with Crippen LogP contribution >= 0.6 is 0 Å². The van der Waals surface area contributed by atoms with E-state index in [1.165, 1.54) is 6.26 Å². The van der Waals surface area contributed by atoms with Crippen LogP contribution in [0, 0.1) is 0 Å². The molecule has 0 aromatic heterocycles. The zero-order chi connectivity index (χ0) is 16.7. The predicted octanol–water partition coefficient (Wildman–Crippen LogP) is 2.30. The van der Waals surface area contributed by atoms with Crippen LogP contribution < -0.4 is 0 Å². The molecule has 1 saturated heterocycles. The molecule has 2 rings (SSSR count). The minimum Gasteiger partial charge on any atom is -0.457 e.